The zero-order valence-electron chi connectivity index (χ0n) is 25.2. The van der Waals surface area contributed by atoms with Gasteiger partial charge >= 0.3 is 0 Å². The number of nitrogens with one attached hydrogen (secondary N) is 1. The van der Waals surface area contributed by atoms with Gasteiger partial charge in [-0.2, -0.15) is 0 Å². The van der Waals surface area contributed by atoms with Crippen molar-refractivity contribution in [2.45, 2.75) is 25.4 Å². The van der Waals surface area contributed by atoms with E-state index in [0.717, 1.165) is 37.6 Å². The van der Waals surface area contributed by atoms with Crippen LogP contribution < -0.4 is 20.9 Å². The highest BCUT2D eigenvalue weighted by molar-refractivity contribution is 6.35. The molecule has 2 aliphatic heterocycles. The van der Waals surface area contributed by atoms with Gasteiger partial charge in [0, 0.05) is 79.7 Å². The molecule has 2 atom stereocenters. The van der Waals surface area contributed by atoms with Crippen molar-refractivity contribution in [1.29, 1.82) is 0 Å². The van der Waals surface area contributed by atoms with Crippen molar-refractivity contribution in [2.75, 3.05) is 44.3 Å². The number of carbonyl (C=O) groups is 2. The Hall–Kier alpha value is -4.20. The van der Waals surface area contributed by atoms with Gasteiger partial charge in [0.1, 0.15) is 18.5 Å². The van der Waals surface area contributed by atoms with E-state index >= 15 is 0 Å². The van der Waals surface area contributed by atoms with E-state index in [1.807, 2.05) is 51.4 Å². The van der Waals surface area contributed by atoms with Gasteiger partial charge in [-0.25, -0.2) is 10.8 Å². The van der Waals surface area contributed by atoms with Crippen molar-refractivity contribution < 1.29 is 23.8 Å². The number of benzene rings is 2. The largest absolute Gasteiger partial charge is 0.491 e. The minimum absolute atomic E-state index is 0.129. The third kappa shape index (κ3) is 8.33. The second-order valence-corrected chi connectivity index (χ2v) is 11.5. The Bertz CT molecular complexity index is 1590. The molecule has 12 nitrogen and oxygen atoms in total. The summed E-state index contributed by atoms with van der Waals surface area (Å²) in [6.07, 6.45) is 8.04. The van der Waals surface area contributed by atoms with Crippen LogP contribution in [0.3, 0.4) is 0 Å². The average Bonchev–Trinajstić information content (AvgIpc) is 3.75. The third-order valence-corrected chi connectivity index (χ3v) is 8.14. The van der Waals surface area contributed by atoms with Crippen LogP contribution in [0.4, 0.5) is 5.69 Å². The number of ether oxygens (including phenoxy) is 3. The van der Waals surface area contributed by atoms with E-state index < -0.39 is 5.79 Å². The number of piperazine rings is 1. The Labute approximate surface area is 276 Å². The van der Waals surface area contributed by atoms with Gasteiger partial charge in [0.15, 0.2) is 0 Å². The van der Waals surface area contributed by atoms with E-state index in [0.29, 0.717) is 40.9 Å². The SMILES string of the molecule is CC(=O)N1CCN(c2ccc(OC[C@H]3CO[C@](Cn4ccnc4)(c4ccc(Cl)cc4Cl)O3)cc2)CC1.NNC(=O)c1ccncc1. The highest BCUT2D eigenvalue weighted by Crippen LogP contribution is 2.40. The van der Waals surface area contributed by atoms with Crippen LogP contribution >= 0.6 is 23.2 Å². The highest BCUT2D eigenvalue weighted by atomic mass is 35.5. The molecule has 0 bridgehead atoms. The lowest BCUT2D eigenvalue weighted by atomic mass is 10.1. The fraction of sp³-hybridized carbons (Fsp3) is 0.312. The Morgan fingerprint density at radius 2 is 1.76 bits per heavy atom. The number of hydrogen-bond donors (Lipinski definition) is 2. The smallest absolute Gasteiger partial charge is 0.265 e. The summed E-state index contributed by atoms with van der Waals surface area (Å²) in [5.41, 5.74) is 4.35. The number of rotatable bonds is 8. The Balaban J connectivity index is 0.000000356. The lowest BCUT2D eigenvalue weighted by Gasteiger charge is -2.35. The molecule has 6 rings (SSSR count). The van der Waals surface area contributed by atoms with Gasteiger partial charge in [-0.1, -0.05) is 29.3 Å². The van der Waals surface area contributed by atoms with Crippen LogP contribution in [-0.2, 0) is 26.6 Å². The van der Waals surface area contributed by atoms with Crippen molar-refractivity contribution in [1.82, 2.24) is 24.9 Å². The summed E-state index contributed by atoms with van der Waals surface area (Å²) in [4.78, 5) is 34.3. The molecule has 46 heavy (non-hydrogen) atoms. The summed E-state index contributed by atoms with van der Waals surface area (Å²) in [7, 11) is 0. The first-order valence-electron chi connectivity index (χ1n) is 14.6. The molecule has 0 radical (unpaired) electrons. The molecular weight excluding hydrogens is 633 g/mol. The maximum atomic E-state index is 11.6. The van der Waals surface area contributed by atoms with E-state index in [4.69, 9.17) is 43.3 Å². The molecule has 2 saturated heterocycles. The standard InChI is InChI=1S/C26H28Cl2N4O4.C6H7N3O/c1-19(33)31-10-12-32(13-11-31)21-3-5-22(6-4-21)34-15-23-16-35-26(36-23,17-30-9-8-29-18-30)24-7-2-20(27)14-25(24)28;7-9-6(10)5-1-3-8-4-2-5/h2-9,14,18,23H,10-13,15-17H2,1H3;1-4H,7H2,(H,9,10)/t23-,26-;/m0./s1. The molecule has 14 heteroatoms. The quantitative estimate of drug-likeness (QED) is 0.163. The maximum absolute atomic E-state index is 11.6. The predicted molar refractivity (Wildman–Crippen MR) is 173 cm³/mol. The van der Waals surface area contributed by atoms with Gasteiger partial charge in [-0.15, -0.1) is 0 Å². The number of anilines is 1. The second-order valence-electron chi connectivity index (χ2n) is 10.7. The molecule has 0 saturated carbocycles. The molecule has 242 valence electrons. The zero-order valence-corrected chi connectivity index (χ0v) is 26.7. The second kappa shape index (κ2) is 15.4. The topological polar surface area (TPSA) is 137 Å². The molecule has 2 aromatic heterocycles. The van der Waals surface area contributed by atoms with Gasteiger partial charge in [0.25, 0.3) is 5.91 Å². The normalized spacial score (nSPS) is 19.3. The molecule has 0 aliphatic carbocycles. The maximum Gasteiger partial charge on any atom is 0.265 e. The van der Waals surface area contributed by atoms with E-state index in [9.17, 15) is 9.59 Å². The lowest BCUT2D eigenvalue weighted by Crippen LogP contribution is -2.48. The summed E-state index contributed by atoms with van der Waals surface area (Å²) in [6, 6.07) is 16.5. The molecule has 4 heterocycles. The molecular formula is C32H35Cl2N7O5. The number of imidazole rings is 1. The minimum Gasteiger partial charge on any atom is -0.491 e. The Kier molecular flexibility index (Phi) is 11.1. The van der Waals surface area contributed by atoms with E-state index in [2.05, 4.69) is 14.9 Å². The zero-order chi connectivity index (χ0) is 32.5. The van der Waals surface area contributed by atoms with Gasteiger partial charge in [0.05, 0.1) is 24.5 Å². The average molecular weight is 669 g/mol. The molecule has 0 unspecified atom stereocenters. The number of hydrazine groups is 1. The number of halogens is 2. The van der Waals surface area contributed by atoms with Crippen LogP contribution in [0.5, 0.6) is 5.75 Å². The summed E-state index contributed by atoms with van der Waals surface area (Å²) in [5, 5.41) is 1.02. The monoisotopic (exact) mass is 667 g/mol. The van der Waals surface area contributed by atoms with Crippen molar-refractivity contribution in [3.05, 3.63) is 107 Å². The number of nitrogens with zero attached hydrogens (tertiary/aromatic N) is 5. The number of aromatic nitrogens is 3. The number of pyridine rings is 1. The van der Waals surface area contributed by atoms with E-state index in [-0.39, 0.29) is 17.9 Å². The van der Waals surface area contributed by atoms with Crippen molar-refractivity contribution >= 4 is 40.7 Å². The lowest BCUT2D eigenvalue weighted by molar-refractivity contribution is -0.189. The summed E-state index contributed by atoms with van der Waals surface area (Å²) in [5.74, 6) is 4.38. The van der Waals surface area contributed by atoms with Crippen LogP contribution in [0.15, 0.2) is 85.7 Å². The number of hydrogen-bond acceptors (Lipinski definition) is 9. The van der Waals surface area contributed by atoms with Gasteiger partial charge in [-0.05, 0) is 48.5 Å². The van der Waals surface area contributed by atoms with Gasteiger partial charge in [0.2, 0.25) is 11.7 Å². The van der Waals surface area contributed by atoms with Crippen LogP contribution in [0.2, 0.25) is 10.0 Å². The molecule has 2 fully saturated rings. The summed E-state index contributed by atoms with van der Waals surface area (Å²) < 4.78 is 20.6. The van der Waals surface area contributed by atoms with Crippen LogP contribution in [0.1, 0.15) is 22.8 Å². The van der Waals surface area contributed by atoms with Gasteiger partial charge in [-0.3, -0.25) is 20.0 Å². The summed E-state index contributed by atoms with van der Waals surface area (Å²) in [6.45, 7) is 5.80. The number of amides is 2. The fourth-order valence-electron chi connectivity index (χ4n) is 5.18. The molecule has 3 N–H and O–H groups in total. The van der Waals surface area contributed by atoms with Crippen molar-refractivity contribution in [3.8, 4) is 5.75 Å². The predicted octanol–water partition coefficient (Wildman–Crippen LogP) is 3.89. The number of carbonyl (C=O) groups excluding carboxylic acids is 2. The Morgan fingerprint density at radius 3 is 2.39 bits per heavy atom. The molecule has 2 amide bonds. The highest BCUT2D eigenvalue weighted by Gasteiger charge is 2.45. The minimum atomic E-state index is -1.08. The molecule has 2 aliphatic rings. The first-order valence-corrected chi connectivity index (χ1v) is 15.4. The summed E-state index contributed by atoms with van der Waals surface area (Å²) >= 11 is 12.7. The Morgan fingerprint density at radius 1 is 1.02 bits per heavy atom. The van der Waals surface area contributed by atoms with Crippen LogP contribution in [0.25, 0.3) is 0 Å². The first-order chi connectivity index (χ1) is 22.3. The molecule has 4 aromatic rings. The van der Waals surface area contributed by atoms with Crippen LogP contribution in [0, 0.1) is 0 Å². The number of nitrogen functional groups attached to an aromatic ring is 1. The van der Waals surface area contributed by atoms with Crippen molar-refractivity contribution in [3.63, 3.8) is 0 Å². The third-order valence-electron chi connectivity index (χ3n) is 7.59. The molecule has 0 spiro atoms. The van der Waals surface area contributed by atoms with Crippen molar-refractivity contribution in [2.24, 2.45) is 5.84 Å². The van der Waals surface area contributed by atoms with Gasteiger partial charge < -0.3 is 28.6 Å². The van der Waals surface area contributed by atoms with E-state index in [1.54, 1.807) is 43.7 Å². The first kappa shape index (κ1) is 33.2. The fourth-order valence-corrected chi connectivity index (χ4v) is 5.74. The number of nitrogens with two attached hydrogens (primary N) is 1. The molecule has 2 aromatic carbocycles. The van der Waals surface area contributed by atoms with E-state index in [1.165, 1.54) is 12.4 Å². The van der Waals surface area contributed by atoms with Crippen LogP contribution in [-0.4, -0.2) is 76.7 Å².